The largest absolute Gasteiger partial charge is 0.416 e. The third-order valence-corrected chi connectivity index (χ3v) is 3.23. The van der Waals surface area contributed by atoms with E-state index in [0.717, 1.165) is 16.8 Å². The zero-order valence-electron chi connectivity index (χ0n) is 11.1. The van der Waals surface area contributed by atoms with Gasteiger partial charge in [-0.3, -0.25) is 4.79 Å². The molecule has 22 heavy (non-hydrogen) atoms. The number of halogens is 3. The summed E-state index contributed by atoms with van der Waals surface area (Å²) in [5, 5.41) is 4.80. The van der Waals surface area contributed by atoms with Crippen molar-refractivity contribution in [3.8, 4) is 5.69 Å². The van der Waals surface area contributed by atoms with E-state index in [-0.39, 0.29) is 5.69 Å². The Morgan fingerprint density at radius 1 is 1.09 bits per heavy atom. The van der Waals surface area contributed by atoms with Gasteiger partial charge in [0.1, 0.15) is 0 Å². The molecule has 0 saturated heterocycles. The minimum absolute atomic E-state index is 0.0455. The van der Waals surface area contributed by atoms with E-state index in [4.69, 9.17) is 5.73 Å². The molecule has 0 radical (unpaired) electrons. The molecule has 1 aromatic heterocycles. The number of anilines is 1. The van der Waals surface area contributed by atoms with Gasteiger partial charge in [-0.05, 0) is 30.3 Å². The molecule has 0 unspecified atom stereocenters. The van der Waals surface area contributed by atoms with Crippen molar-refractivity contribution < 1.29 is 13.2 Å². The van der Waals surface area contributed by atoms with E-state index < -0.39 is 17.3 Å². The Balaban J connectivity index is 2.23. The normalized spacial score (nSPS) is 11.8. The van der Waals surface area contributed by atoms with E-state index in [9.17, 15) is 18.0 Å². The average Bonchev–Trinajstić information content (AvgIpc) is 2.47. The molecule has 3 aromatic rings. The average molecular weight is 305 g/mol. The molecule has 112 valence electrons. The highest BCUT2D eigenvalue weighted by atomic mass is 19.4. The third-order valence-electron chi connectivity index (χ3n) is 3.23. The maximum Gasteiger partial charge on any atom is 0.416 e. The van der Waals surface area contributed by atoms with E-state index in [2.05, 4.69) is 5.10 Å². The van der Waals surface area contributed by atoms with Crippen molar-refractivity contribution in [3.63, 3.8) is 0 Å². The molecule has 0 atom stereocenters. The van der Waals surface area contributed by atoms with Gasteiger partial charge < -0.3 is 5.73 Å². The van der Waals surface area contributed by atoms with Gasteiger partial charge in [-0.25, -0.2) is 0 Å². The van der Waals surface area contributed by atoms with E-state index in [1.807, 2.05) is 0 Å². The monoisotopic (exact) mass is 305 g/mol. The first-order chi connectivity index (χ1) is 10.4. The summed E-state index contributed by atoms with van der Waals surface area (Å²) in [6.07, 6.45) is -3.07. The summed E-state index contributed by atoms with van der Waals surface area (Å²) in [5.74, 6) is 0. The van der Waals surface area contributed by atoms with Crippen LogP contribution in [0.2, 0.25) is 0 Å². The van der Waals surface area contributed by atoms with Crippen LogP contribution in [0.1, 0.15) is 5.56 Å². The van der Waals surface area contributed by atoms with Crippen LogP contribution in [-0.2, 0) is 6.18 Å². The van der Waals surface area contributed by atoms with Gasteiger partial charge in [-0.15, -0.1) is 0 Å². The Morgan fingerprint density at radius 2 is 1.86 bits per heavy atom. The van der Waals surface area contributed by atoms with Gasteiger partial charge in [0.25, 0.3) is 5.56 Å². The highest BCUT2D eigenvalue weighted by Crippen LogP contribution is 2.30. The van der Waals surface area contributed by atoms with Crippen molar-refractivity contribution in [2.75, 3.05) is 5.73 Å². The molecule has 3 rings (SSSR count). The van der Waals surface area contributed by atoms with Crippen molar-refractivity contribution in [1.29, 1.82) is 0 Å². The fourth-order valence-corrected chi connectivity index (χ4v) is 2.16. The van der Waals surface area contributed by atoms with Crippen molar-refractivity contribution >= 4 is 16.5 Å². The number of hydrogen-bond donors (Lipinski definition) is 1. The molecular weight excluding hydrogens is 295 g/mol. The Hall–Kier alpha value is -2.83. The predicted molar refractivity (Wildman–Crippen MR) is 76.8 cm³/mol. The summed E-state index contributed by atoms with van der Waals surface area (Å²) in [6.45, 7) is 0. The summed E-state index contributed by atoms with van der Waals surface area (Å²) in [4.78, 5) is 12.4. The summed E-state index contributed by atoms with van der Waals surface area (Å²) < 4.78 is 39.2. The van der Waals surface area contributed by atoms with Crippen LogP contribution in [0, 0.1) is 0 Å². The lowest BCUT2D eigenvalue weighted by Gasteiger charge is -2.10. The number of fused-ring (bicyclic) bond motifs is 1. The summed E-state index contributed by atoms with van der Waals surface area (Å²) in [6, 6.07) is 9.18. The van der Waals surface area contributed by atoms with E-state index in [0.29, 0.717) is 16.5 Å². The number of alkyl halides is 3. The first-order valence-electron chi connectivity index (χ1n) is 6.31. The van der Waals surface area contributed by atoms with Gasteiger partial charge >= 0.3 is 6.18 Å². The van der Waals surface area contributed by atoms with Crippen molar-refractivity contribution in [3.05, 3.63) is 64.6 Å². The zero-order valence-corrected chi connectivity index (χ0v) is 11.1. The molecule has 0 aliphatic heterocycles. The molecule has 0 amide bonds. The molecule has 0 aliphatic carbocycles. The molecular formula is C15H10F3N3O. The van der Waals surface area contributed by atoms with Gasteiger partial charge in [-0.1, -0.05) is 12.1 Å². The topological polar surface area (TPSA) is 60.9 Å². The summed E-state index contributed by atoms with van der Waals surface area (Å²) in [7, 11) is 0. The van der Waals surface area contributed by atoms with E-state index in [1.54, 1.807) is 12.1 Å². The van der Waals surface area contributed by atoms with Gasteiger partial charge in [0.15, 0.2) is 0 Å². The van der Waals surface area contributed by atoms with Crippen LogP contribution in [-0.4, -0.2) is 9.78 Å². The Bertz CT molecular complexity index is 916. The minimum Gasteiger partial charge on any atom is -0.399 e. The van der Waals surface area contributed by atoms with Crippen LogP contribution >= 0.6 is 0 Å². The van der Waals surface area contributed by atoms with Crippen LogP contribution in [0.3, 0.4) is 0 Å². The Morgan fingerprint density at radius 3 is 2.59 bits per heavy atom. The Labute approximate surface area is 122 Å². The molecule has 7 heteroatoms. The molecule has 0 fully saturated rings. The number of rotatable bonds is 1. The molecule has 2 N–H and O–H groups in total. The number of benzene rings is 2. The van der Waals surface area contributed by atoms with E-state index in [1.165, 1.54) is 24.4 Å². The molecule has 0 saturated carbocycles. The molecule has 4 nitrogen and oxygen atoms in total. The number of hydrogen-bond acceptors (Lipinski definition) is 3. The fraction of sp³-hybridized carbons (Fsp3) is 0.0667. The van der Waals surface area contributed by atoms with Crippen LogP contribution in [0.5, 0.6) is 0 Å². The second-order valence-electron chi connectivity index (χ2n) is 4.76. The molecule has 2 aromatic carbocycles. The van der Waals surface area contributed by atoms with Gasteiger partial charge in [0.2, 0.25) is 0 Å². The van der Waals surface area contributed by atoms with Crippen LogP contribution in [0.25, 0.3) is 16.5 Å². The predicted octanol–water partition coefficient (Wildman–Crippen LogP) is 2.99. The lowest BCUT2D eigenvalue weighted by Crippen LogP contribution is -2.21. The summed E-state index contributed by atoms with van der Waals surface area (Å²) in [5.41, 5.74) is 4.72. The van der Waals surface area contributed by atoms with Crippen LogP contribution in [0.15, 0.2) is 53.5 Å². The lowest BCUT2D eigenvalue weighted by atomic mass is 10.1. The smallest absolute Gasteiger partial charge is 0.399 e. The second-order valence-corrected chi connectivity index (χ2v) is 4.76. The third kappa shape index (κ3) is 2.41. The zero-order chi connectivity index (χ0) is 15.9. The second kappa shape index (κ2) is 4.87. The highest BCUT2D eigenvalue weighted by Gasteiger charge is 2.30. The Kier molecular flexibility index (Phi) is 3.13. The van der Waals surface area contributed by atoms with Gasteiger partial charge in [-0.2, -0.15) is 23.0 Å². The fourth-order valence-electron chi connectivity index (χ4n) is 2.16. The number of nitrogen functional groups attached to an aromatic ring is 1. The minimum atomic E-state index is -4.49. The van der Waals surface area contributed by atoms with Crippen molar-refractivity contribution in [2.24, 2.45) is 0 Å². The van der Waals surface area contributed by atoms with Gasteiger partial charge in [0.05, 0.1) is 22.8 Å². The molecule has 0 spiro atoms. The van der Waals surface area contributed by atoms with Gasteiger partial charge in [0, 0.05) is 11.1 Å². The molecule has 1 heterocycles. The number of nitrogens with zero attached hydrogens (tertiary/aromatic N) is 2. The van der Waals surface area contributed by atoms with E-state index >= 15 is 0 Å². The molecule has 0 aliphatic rings. The quantitative estimate of drug-likeness (QED) is 0.703. The highest BCUT2D eigenvalue weighted by molar-refractivity contribution is 5.83. The standard InChI is InChI=1S/C15H10F3N3O/c16-15(17,18)10-2-1-3-12(6-10)21-14(22)13-7-11(19)5-4-9(13)8-20-21/h1-8H,19H2. The maximum atomic E-state index is 12.8. The first kappa shape index (κ1) is 14.1. The number of nitrogens with two attached hydrogens (primary N) is 1. The van der Waals surface area contributed by atoms with Crippen molar-refractivity contribution in [2.45, 2.75) is 6.18 Å². The van der Waals surface area contributed by atoms with Crippen LogP contribution < -0.4 is 11.3 Å². The number of aromatic nitrogens is 2. The molecule has 0 bridgehead atoms. The van der Waals surface area contributed by atoms with Crippen LogP contribution in [0.4, 0.5) is 18.9 Å². The lowest BCUT2D eigenvalue weighted by molar-refractivity contribution is -0.137. The maximum absolute atomic E-state index is 12.8. The SMILES string of the molecule is Nc1ccc2cnn(-c3cccc(C(F)(F)F)c3)c(=O)c2c1. The first-order valence-corrected chi connectivity index (χ1v) is 6.31. The van der Waals surface area contributed by atoms with Crippen molar-refractivity contribution in [1.82, 2.24) is 9.78 Å². The summed E-state index contributed by atoms with van der Waals surface area (Å²) >= 11 is 0.